The summed E-state index contributed by atoms with van der Waals surface area (Å²) >= 11 is 0. The Labute approximate surface area is 137 Å². The maximum atomic E-state index is 12.7. The van der Waals surface area contributed by atoms with Crippen molar-refractivity contribution in [1.29, 1.82) is 0 Å². The molecule has 0 bridgehead atoms. The van der Waals surface area contributed by atoms with Crippen molar-refractivity contribution in [3.8, 4) is 0 Å². The van der Waals surface area contributed by atoms with E-state index in [0.717, 1.165) is 5.56 Å². The molecule has 1 heterocycles. The summed E-state index contributed by atoms with van der Waals surface area (Å²) in [5.41, 5.74) is 1.58. The standard InChI is InChI=1S/C17H25N3O3/c1-18(2)12-16(21)19-8-10-20(11-9-19)17(22)15-7-5-4-6-14(15)13-23-3/h4-7H,8-13H2,1-3H3. The number of hydrogen-bond acceptors (Lipinski definition) is 4. The third-order valence-electron chi connectivity index (χ3n) is 3.92. The van der Waals surface area contributed by atoms with Gasteiger partial charge in [-0.3, -0.25) is 9.59 Å². The molecule has 1 aromatic rings. The van der Waals surface area contributed by atoms with Crippen LogP contribution in [-0.4, -0.2) is 80.4 Å². The summed E-state index contributed by atoms with van der Waals surface area (Å²) in [4.78, 5) is 30.3. The first-order valence-electron chi connectivity index (χ1n) is 7.81. The van der Waals surface area contributed by atoms with E-state index in [1.807, 2.05) is 53.1 Å². The monoisotopic (exact) mass is 319 g/mol. The minimum absolute atomic E-state index is 0.0114. The molecule has 1 aliphatic heterocycles. The SMILES string of the molecule is COCc1ccccc1C(=O)N1CCN(C(=O)CN(C)C)CC1. The third kappa shape index (κ3) is 4.53. The Morgan fingerprint density at radius 2 is 1.70 bits per heavy atom. The second kappa shape index (κ2) is 8.08. The van der Waals surface area contributed by atoms with E-state index in [4.69, 9.17) is 4.74 Å². The van der Waals surface area contributed by atoms with E-state index in [0.29, 0.717) is 44.9 Å². The van der Waals surface area contributed by atoms with Crippen LogP contribution in [0.25, 0.3) is 0 Å². The molecule has 0 unspecified atom stereocenters. The van der Waals surface area contributed by atoms with Gasteiger partial charge < -0.3 is 19.4 Å². The van der Waals surface area contributed by atoms with E-state index < -0.39 is 0 Å². The average molecular weight is 319 g/mol. The van der Waals surface area contributed by atoms with Crippen LogP contribution in [-0.2, 0) is 16.1 Å². The molecule has 0 aliphatic carbocycles. The fraction of sp³-hybridized carbons (Fsp3) is 0.529. The summed E-state index contributed by atoms with van der Waals surface area (Å²) in [6.45, 7) is 3.14. The van der Waals surface area contributed by atoms with Crippen LogP contribution in [0.4, 0.5) is 0 Å². The van der Waals surface area contributed by atoms with Crippen molar-refractivity contribution in [3.63, 3.8) is 0 Å². The second-order valence-corrected chi connectivity index (χ2v) is 6.00. The average Bonchev–Trinajstić information content (AvgIpc) is 2.54. The normalized spacial score (nSPS) is 15.1. The Morgan fingerprint density at radius 3 is 2.30 bits per heavy atom. The molecule has 1 aromatic carbocycles. The second-order valence-electron chi connectivity index (χ2n) is 6.00. The van der Waals surface area contributed by atoms with Crippen LogP contribution in [0.2, 0.25) is 0 Å². The molecule has 2 amide bonds. The van der Waals surface area contributed by atoms with Crippen molar-refractivity contribution in [1.82, 2.24) is 14.7 Å². The van der Waals surface area contributed by atoms with Gasteiger partial charge in [0.25, 0.3) is 5.91 Å². The summed E-state index contributed by atoms with van der Waals surface area (Å²) in [5, 5.41) is 0. The van der Waals surface area contributed by atoms with Crippen molar-refractivity contribution < 1.29 is 14.3 Å². The number of carbonyl (C=O) groups is 2. The van der Waals surface area contributed by atoms with Crippen LogP contribution in [0.15, 0.2) is 24.3 Å². The van der Waals surface area contributed by atoms with Crippen LogP contribution < -0.4 is 0 Å². The molecule has 1 fully saturated rings. The van der Waals surface area contributed by atoms with Crippen molar-refractivity contribution in [2.45, 2.75) is 6.61 Å². The fourth-order valence-electron chi connectivity index (χ4n) is 2.71. The van der Waals surface area contributed by atoms with Gasteiger partial charge in [-0.1, -0.05) is 18.2 Å². The molecule has 23 heavy (non-hydrogen) atoms. The summed E-state index contributed by atoms with van der Waals surface area (Å²) in [7, 11) is 5.38. The Morgan fingerprint density at radius 1 is 1.09 bits per heavy atom. The van der Waals surface area contributed by atoms with Crippen LogP contribution in [0.1, 0.15) is 15.9 Å². The lowest BCUT2D eigenvalue weighted by atomic mass is 10.1. The first kappa shape index (κ1) is 17.4. The van der Waals surface area contributed by atoms with Crippen molar-refractivity contribution >= 4 is 11.8 Å². The Bertz CT molecular complexity index is 552. The topological polar surface area (TPSA) is 53.1 Å². The van der Waals surface area contributed by atoms with Crippen LogP contribution >= 0.6 is 0 Å². The maximum absolute atomic E-state index is 12.7. The highest BCUT2D eigenvalue weighted by atomic mass is 16.5. The molecule has 6 nitrogen and oxygen atoms in total. The Kier molecular flexibility index (Phi) is 6.12. The van der Waals surface area contributed by atoms with Gasteiger partial charge in [0, 0.05) is 38.9 Å². The van der Waals surface area contributed by atoms with E-state index in [2.05, 4.69) is 0 Å². The molecule has 2 rings (SSSR count). The van der Waals surface area contributed by atoms with Gasteiger partial charge in [0.05, 0.1) is 13.2 Å². The summed E-state index contributed by atoms with van der Waals surface area (Å²) in [6, 6.07) is 7.51. The summed E-state index contributed by atoms with van der Waals surface area (Å²) in [5.74, 6) is 0.124. The molecular weight excluding hydrogens is 294 g/mol. The van der Waals surface area contributed by atoms with E-state index >= 15 is 0 Å². The summed E-state index contributed by atoms with van der Waals surface area (Å²) < 4.78 is 5.16. The minimum atomic E-state index is 0.0114. The number of hydrogen-bond donors (Lipinski definition) is 0. The number of rotatable bonds is 5. The lowest BCUT2D eigenvalue weighted by Crippen LogP contribution is -2.52. The number of ether oxygens (including phenoxy) is 1. The molecule has 1 aliphatic rings. The zero-order valence-electron chi connectivity index (χ0n) is 14.1. The van der Waals surface area contributed by atoms with E-state index in [-0.39, 0.29) is 11.8 Å². The summed E-state index contributed by atoms with van der Waals surface area (Å²) in [6.07, 6.45) is 0. The van der Waals surface area contributed by atoms with Gasteiger partial charge in [0.15, 0.2) is 0 Å². The predicted octanol–water partition coefficient (Wildman–Crippen LogP) is 0.679. The molecule has 0 N–H and O–H groups in total. The smallest absolute Gasteiger partial charge is 0.254 e. The first-order valence-corrected chi connectivity index (χ1v) is 7.81. The van der Waals surface area contributed by atoms with Gasteiger partial charge >= 0.3 is 0 Å². The molecule has 0 saturated carbocycles. The largest absolute Gasteiger partial charge is 0.380 e. The van der Waals surface area contributed by atoms with Crippen molar-refractivity contribution in [2.24, 2.45) is 0 Å². The van der Waals surface area contributed by atoms with Gasteiger partial charge in [-0.2, -0.15) is 0 Å². The number of benzene rings is 1. The zero-order chi connectivity index (χ0) is 16.8. The number of amides is 2. The van der Waals surface area contributed by atoms with E-state index in [9.17, 15) is 9.59 Å². The van der Waals surface area contributed by atoms with Crippen molar-refractivity contribution in [3.05, 3.63) is 35.4 Å². The highest BCUT2D eigenvalue weighted by Gasteiger charge is 2.25. The molecular formula is C17H25N3O3. The van der Waals surface area contributed by atoms with Gasteiger partial charge in [0.1, 0.15) is 0 Å². The quantitative estimate of drug-likeness (QED) is 0.801. The molecule has 0 radical (unpaired) electrons. The zero-order valence-corrected chi connectivity index (χ0v) is 14.1. The predicted molar refractivity (Wildman–Crippen MR) is 88.2 cm³/mol. The fourth-order valence-corrected chi connectivity index (χ4v) is 2.71. The molecule has 6 heteroatoms. The molecule has 1 saturated heterocycles. The highest BCUT2D eigenvalue weighted by Crippen LogP contribution is 2.14. The molecule has 0 atom stereocenters. The number of nitrogens with zero attached hydrogens (tertiary/aromatic N) is 3. The van der Waals surface area contributed by atoms with Gasteiger partial charge in [0.2, 0.25) is 5.91 Å². The van der Waals surface area contributed by atoms with Gasteiger partial charge in [-0.15, -0.1) is 0 Å². The lowest BCUT2D eigenvalue weighted by molar-refractivity contribution is -0.133. The third-order valence-corrected chi connectivity index (χ3v) is 3.92. The minimum Gasteiger partial charge on any atom is -0.380 e. The number of likely N-dealkylation sites (N-methyl/N-ethyl adjacent to an activating group) is 1. The molecule has 0 spiro atoms. The number of piperazine rings is 1. The van der Waals surface area contributed by atoms with E-state index in [1.54, 1.807) is 7.11 Å². The number of methoxy groups -OCH3 is 1. The van der Waals surface area contributed by atoms with Gasteiger partial charge in [-0.05, 0) is 25.7 Å². The molecule has 0 aromatic heterocycles. The van der Waals surface area contributed by atoms with Crippen molar-refractivity contribution in [2.75, 3.05) is 53.9 Å². The molecule has 126 valence electrons. The van der Waals surface area contributed by atoms with Crippen LogP contribution in [0.5, 0.6) is 0 Å². The maximum Gasteiger partial charge on any atom is 0.254 e. The number of carbonyl (C=O) groups excluding carboxylic acids is 2. The van der Waals surface area contributed by atoms with E-state index in [1.165, 1.54) is 0 Å². The lowest BCUT2D eigenvalue weighted by Gasteiger charge is -2.35. The van der Waals surface area contributed by atoms with Crippen LogP contribution in [0, 0.1) is 0 Å². The first-order chi connectivity index (χ1) is 11.0. The van der Waals surface area contributed by atoms with Gasteiger partial charge in [-0.25, -0.2) is 0 Å². The van der Waals surface area contributed by atoms with Crippen LogP contribution in [0.3, 0.4) is 0 Å². The Hall–Kier alpha value is -1.92. The Balaban J connectivity index is 1.97. The highest BCUT2D eigenvalue weighted by molar-refractivity contribution is 5.95.